The van der Waals surface area contributed by atoms with Gasteiger partial charge in [-0.1, -0.05) is 30.3 Å². The van der Waals surface area contributed by atoms with Crippen LogP contribution in [0.3, 0.4) is 0 Å². The Morgan fingerprint density at radius 3 is 2.47 bits per heavy atom. The Balaban J connectivity index is 2.15. The topological polar surface area (TPSA) is 35.2 Å². The highest BCUT2D eigenvalue weighted by molar-refractivity contribution is 14.1. The van der Waals surface area contributed by atoms with Crippen LogP contribution in [-0.2, 0) is 6.42 Å². The molecule has 3 heteroatoms. The van der Waals surface area contributed by atoms with Crippen LogP contribution in [0.4, 0.5) is 0 Å². The molecule has 2 nitrogen and oxygen atoms in total. The maximum absolute atomic E-state index is 6.33. The number of benzene rings is 2. The lowest BCUT2D eigenvalue weighted by Crippen LogP contribution is -2.15. The minimum atomic E-state index is 0.0280. The quantitative estimate of drug-likeness (QED) is 0.834. The molecule has 1 atom stereocenters. The van der Waals surface area contributed by atoms with Crippen LogP contribution in [0.25, 0.3) is 0 Å². The van der Waals surface area contributed by atoms with E-state index in [-0.39, 0.29) is 6.04 Å². The fourth-order valence-corrected chi connectivity index (χ4v) is 2.84. The minimum Gasteiger partial charge on any atom is -0.497 e. The molecule has 0 fully saturated rings. The van der Waals surface area contributed by atoms with Gasteiger partial charge in [0.05, 0.1) is 7.11 Å². The van der Waals surface area contributed by atoms with E-state index in [1.807, 2.05) is 12.1 Å². The third kappa shape index (κ3) is 3.48. The van der Waals surface area contributed by atoms with Crippen molar-refractivity contribution in [3.05, 3.63) is 62.7 Å². The van der Waals surface area contributed by atoms with E-state index in [0.29, 0.717) is 0 Å². The Hall–Kier alpha value is -1.07. The summed E-state index contributed by atoms with van der Waals surface area (Å²) in [6.07, 6.45) is 0.837. The van der Waals surface area contributed by atoms with Crippen molar-refractivity contribution in [2.45, 2.75) is 19.4 Å². The molecule has 19 heavy (non-hydrogen) atoms. The van der Waals surface area contributed by atoms with Gasteiger partial charge in [0.2, 0.25) is 0 Å². The summed E-state index contributed by atoms with van der Waals surface area (Å²) in [5, 5.41) is 0. The van der Waals surface area contributed by atoms with Crippen molar-refractivity contribution in [1.29, 1.82) is 0 Å². The summed E-state index contributed by atoms with van der Waals surface area (Å²) < 4.78 is 6.43. The Morgan fingerprint density at radius 2 is 1.84 bits per heavy atom. The van der Waals surface area contributed by atoms with Crippen LogP contribution in [0.15, 0.2) is 42.5 Å². The molecule has 2 aromatic carbocycles. The predicted octanol–water partition coefficient (Wildman–Crippen LogP) is 3.85. The van der Waals surface area contributed by atoms with Crippen LogP contribution in [0.2, 0.25) is 0 Å². The first-order chi connectivity index (χ1) is 9.11. The highest BCUT2D eigenvalue weighted by atomic mass is 127. The molecule has 0 saturated carbocycles. The molecule has 1 unspecified atom stereocenters. The number of halogens is 1. The molecule has 0 radical (unpaired) electrons. The van der Waals surface area contributed by atoms with E-state index >= 15 is 0 Å². The van der Waals surface area contributed by atoms with Crippen LogP contribution >= 0.6 is 22.6 Å². The van der Waals surface area contributed by atoms with Crippen molar-refractivity contribution in [2.24, 2.45) is 5.73 Å². The normalized spacial score (nSPS) is 12.2. The van der Waals surface area contributed by atoms with Gasteiger partial charge >= 0.3 is 0 Å². The number of methoxy groups -OCH3 is 1. The zero-order valence-corrected chi connectivity index (χ0v) is 13.3. The number of ether oxygens (including phenoxy) is 1. The van der Waals surface area contributed by atoms with Crippen molar-refractivity contribution in [3.63, 3.8) is 0 Å². The van der Waals surface area contributed by atoms with E-state index in [9.17, 15) is 0 Å². The highest BCUT2D eigenvalue weighted by Gasteiger charge is 2.11. The van der Waals surface area contributed by atoms with Crippen LogP contribution in [0.5, 0.6) is 5.75 Å². The zero-order chi connectivity index (χ0) is 13.8. The first-order valence-corrected chi connectivity index (χ1v) is 7.33. The van der Waals surface area contributed by atoms with Crippen molar-refractivity contribution >= 4 is 22.6 Å². The van der Waals surface area contributed by atoms with E-state index in [4.69, 9.17) is 10.5 Å². The molecule has 2 rings (SSSR count). The third-order valence-corrected chi connectivity index (χ3v) is 4.71. The van der Waals surface area contributed by atoms with Crippen molar-refractivity contribution in [2.75, 3.05) is 7.11 Å². The van der Waals surface area contributed by atoms with E-state index < -0.39 is 0 Å². The summed E-state index contributed by atoms with van der Waals surface area (Å²) in [4.78, 5) is 0. The maximum atomic E-state index is 6.33. The fraction of sp³-hybridized carbons (Fsp3) is 0.250. The van der Waals surface area contributed by atoms with E-state index in [2.05, 4.69) is 59.8 Å². The monoisotopic (exact) mass is 367 g/mol. The maximum Gasteiger partial charge on any atom is 0.118 e. The van der Waals surface area contributed by atoms with Gasteiger partial charge in [-0.05, 0) is 64.8 Å². The van der Waals surface area contributed by atoms with Gasteiger partial charge in [-0.2, -0.15) is 0 Å². The van der Waals surface area contributed by atoms with Crippen LogP contribution in [-0.4, -0.2) is 7.11 Å². The lowest BCUT2D eigenvalue weighted by atomic mass is 9.98. The first kappa shape index (κ1) is 14.3. The van der Waals surface area contributed by atoms with Crippen LogP contribution < -0.4 is 10.5 Å². The molecule has 0 aliphatic heterocycles. The largest absolute Gasteiger partial charge is 0.497 e. The van der Waals surface area contributed by atoms with Crippen molar-refractivity contribution in [3.8, 4) is 5.75 Å². The molecule has 0 bridgehead atoms. The molecule has 0 saturated heterocycles. The highest BCUT2D eigenvalue weighted by Crippen LogP contribution is 2.24. The Kier molecular flexibility index (Phi) is 4.82. The number of hydrogen-bond donors (Lipinski definition) is 1. The number of rotatable bonds is 4. The second kappa shape index (κ2) is 6.39. The predicted molar refractivity (Wildman–Crippen MR) is 87.5 cm³/mol. The van der Waals surface area contributed by atoms with Gasteiger partial charge in [0.25, 0.3) is 0 Å². The minimum absolute atomic E-state index is 0.0280. The smallest absolute Gasteiger partial charge is 0.118 e. The summed E-state index contributed by atoms with van der Waals surface area (Å²) in [7, 11) is 1.68. The van der Waals surface area contributed by atoms with Gasteiger partial charge in [0.1, 0.15) is 5.75 Å². The lowest BCUT2D eigenvalue weighted by molar-refractivity contribution is 0.414. The van der Waals surface area contributed by atoms with Gasteiger partial charge in [0.15, 0.2) is 0 Å². The molecule has 0 aliphatic carbocycles. The summed E-state index contributed by atoms with van der Waals surface area (Å²) in [6.45, 7) is 2.12. The fourth-order valence-electron chi connectivity index (χ4n) is 2.08. The molecule has 2 N–H and O–H groups in total. The molecule has 0 amide bonds. The van der Waals surface area contributed by atoms with Crippen LogP contribution in [0.1, 0.15) is 22.7 Å². The molecule has 0 heterocycles. The molecule has 0 aliphatic rings. The average Bonchev–Trinajstić information content (AvgIpc) is 2.42. The summed E-state index contributed by atoms with van der Waals surface area (Å²) in [6, 6.07) is 14.4. The molecule has 0 spiro atoms. The lowest BCUT2D eigenvalue weighted by Gasteiger charge is -2.15. The first-order valence-electron chi connectivity index (χ1n) is 6.25. The van der Waals surface area contributed by atoms with Gasteiger partial charge < -0.3 is 10.5 Å². The molecule has 2 aromatic rings. The average molecular weight is 367 g/mol. The van der Waals surface area contributed by atoms with Gasteiger partial charge in [-0.15, -0.1) is 0 Å². The van der Waals surface area contributed by atoms with Gasteiger partial charge in [-0.3, -0.25) is 0 Å². The van der Waals surface area contributed by atoms with Gasteiger partial charge in [-0.25, -0.2) is 0 Å². The molecule has 0 aromatic heterocycles. The second-order valence-corrected chi connectivity index (χ2v) is 5.72. The number of nitrogens with two attached hydrogens (primary N) is 1. The van der Waals surface area contributed by atoms with Gasteiger partial charge in [0, 0.05) is 9.61 Å². The standard InChI is InChI=1S/C16H18INO/c1-11-4-3-5-14(16(11)17)15(18)10-12-6-8-13(19-2)9-7-12/h3-9,15H,10,18H2,1-2H3. The summed E-state index contributed by atoms with van der Waals surface area (Å²) in [5.41, 5.74) is 10.1. The van der Waals surface area contributed by atoms with Crippen molar-refractivity contribution < 1.29 is 4.74 Å². The number of hydrogen-bond acceptors (Lipinski definition) is 2. The number of aryl methyl sites for hydroxylation is 1. The SMILES string of the molecule is COc1ccc(CC(N)c2cccc(C)c2I)cc1. The van der Waals surface area contributed by atoms with E-state index in [0.717, 1.165) is 12.2 Å². The summed E-state index contributed by atoms with van der Waals surface area (Å²) in [5.74, 6) is 0.877. The third-order valence-electron chi connectivity index (χ3n) is 3.24. The Morgan fingerprint density at radius 1 is 1.16 bits per heavy atom. The Bertz CT molecular complexity index is 551. The van der Waals surface area contributed by atoms with E-state index in [1.54, 1.807) is 7.11 Å². The molecule has 100 valence electrons. The second-order valence-electron chi connectivity index (χ2n) is 4.64. The molecular weight excluding hydrogens is 349 g/mol. The molecular formula is C16H18INO. The van der Waals surface area contributed by atoms with Crippen LogP contribution in [0, 0.1) is 10.5 Å². The zero-order valence-electron chi connectivity index (χ0n) is 11.2. The van der Waals surface area contributed by atoms with Crippen molar-refractivity contribution in [1.82, 2.24) is 0 Å². The Labute approximate surface area is 128 Å². The summed E-state index contributed by atoms with van der Waals surface area (Å²) >= 11 is 2.37. The van der Waals surface area contributed by atoms with E-state index in [1.165, 1.54) is 20.3 Å².